The molecule has 2 N–H and O–H groups in total. The Labute approximate surface area is 154 Å². The molecule has 27 heavy (non-hydrogen) atoms. The van der Waals surface area contributed by atoms with Gasteiger partial charge < -0.3 is 10.4 Å². The number of hydrogen-bond acceptors (Lipinski definition) is 4. The average molecular weight is 377 g/mol. The number of carbonyl (C=O) groups is 1. The summed E-state index contributed by atoms with van der Waals surface area (Å²) < 4.78 is 37.6. The van der Waals surface area contributed by atoms with Crippen molar-refractivity contribution >= 4 is 5.91 Å². The molecule has 0 bridgehead atoms. The Bertz CT molecular complexity index is 789. The van der Waals surface area contributed by atoms with E-state index in [-0.39, 0.29) is 5.56 Å². The zero-order valence-electron chi connectivity index (χ0n) is 14.3. The third-order valence-electron chi connectivity index (χ3n) is 3.98. The summed E-state index contributed by atoms with van der Waals surface area (Å²) in [6, 6.07) is 10.7. The molecule has 5 nitrogen and oxygen atoms in total. The monoisotopic (exact) mass is 377 g/mol. The molecule has 142 valence electrons. The van der Waals surface area contributed by atoms with Gasteiger partial charge in [0.25, 0.3) is 5.91 Å². The van der Waals surface area contributed by atoms with Crippen molar-refractivity contribution in [2.45, 2.75) is 31.4 Å². The number of nitrogens with zero attached hydrogens (tertiary/aromatic N) is 2. The maximum atomic E-state index is 13.0. The molecule has 1 aromatic carbocycles. The van der Waals surface area contributed by atoms with Gasteiger partial charge in [0.15, 0.2) is 0 Å². The summed E-state index contributed by atoms with van der Waals surface area (Å²) in [5.74, 6) is -1.63. The predicted molar refractivity (Wildman–Crippen MR) is 92.5 cm³/mol. The second-order valence-corrected chi connectivity index (χ2v) is 5.83. The van der Waals surface area contributed by atoms with Crippen LogP contribution in [-0.2, 0) is 11.2 Å². The SMILES string of the molecule is N#CCCc1ccc(-c2ccc([C@@H](O)[C@@H](CF)NC(=O)C(F)F)cc2)cn1. The van der Waals surface area contributed by atoms with Crippen LogP contribution in [0.15, 0.2) is 42.6 Å². The Balaban J connectivity index is 2.09. The molecule has 0 saturated heterocycles. The van der Waals surface area contributed by atoms with Gasteiger partial charge in [-0.2, -0.15) is 14.0 Å². The largest absolute Gasteiger partial charge is 0.386 e. The van der Waals surface area contributed by atoms with Gasteiger partial charge in [-0.15, -0.1) is 0 Å². The van der Waals surface area contributed by atoms with Gasteiger partial charge in [-0.25, -0.2) is 4.39 Å². The molecular formula is C19H18F3N3O2. The lowest BCUT2D eigenvalue weighted by molar-refractivity contribution is -0.133. The van der Waals surface area contributed by atoms with Gasteiger partial charge in [-0.05, 0) is 17.2 Å². The van der Waals surface area contributed by atoms with Crippen molar-refractivity contribution in [2.24, 2.45) is 0 Å². The summed E-state index contributed by atoms with van der Waals surface area (Å²) in [6.07, 6.45) is -2.13. The summed E-state index contributed by atoms with van der Waals surface area (Å²) in [7, 11) is 0. The minimum Gasteiger partial charge on any atom is -0.386 e. The molecule has 1 amide bonds. The number of halogens is 3. The summed E-state index contributed by atoms with van der Waals surface area (Å²) in [5.41, 5.74) is 2.69. The minimum atomic E-state index is -3.28. The van der Waals surface area contributed by atoms with Crippen molar-refractivity contribution in [2.75, 3.05) is 6.67 Å². The number of rotatable bonds is 8. The molecule has 0 radical (unpaired) electrons. The molecule has 0 unspecified atom stereocenters. The molecule has 2 aromatic rings. The van der Waals surface area contributed by atoms with Gasteiger partial charge in [0, 0.05) is 30.3 Å². The van der Waals surface area contributed by atoms with Gasteiger partial charge in [-0.1, -0.05) is 30.3 Å². The molecule has 0 aliphatic rings. The Morgan fingerprint density at radius 2 is 1.85 bits per heavy atom. The number of nitrogens with one attached hydrogen (secondary N) is 1. The molecule has 1 aromatic heterocycles. The Morgan fingerprint density at radius 1 is 1.19 bits per heavy atom. The summed E-state index contributed by atoms with van der Waals surface area (Å²) in [4.78, 5) is 15.3. The molecule has 1 heterocycles. The highest BCUT2D eigenvalue weighted by Crippen LogP contribution is 2.24. The van der Waals surface area contributed by atoms with Crippen molar-refractivity contribution in [3.05, 3.63) is 53.9 Å². The van der Waals surface area contributed by atoms with Crippen molar-refractivity contribution in [1.82, 2.24) is 10.3 Å². The fourth-order valence-corrected chi connectivity index (χ4v) is 2.48. The number of aryl methyl sites for hydroxylation is 1. The minimum absolute atomic E-state index is 0.287. The molecule has 2 atom stereocenters. The number of aromatic nitrogens is 1. The standard InChI is InChI=1S/C19H18F3N3O2/c20-10-16(25-19(27)18(21)22)17(26)13-5-3-12(4-6-13)14-7-8-15(24-11-14)2-1-9-23/h3-8,11,16-18,26H,1-2,10H2,(H,25,27)/t16-,17-/m1/s1. The summed E-state index contributed by atoms with van der Waals surface area (Å²) in [5, 5.41) is 20.5. The molecule has 0 spiro atoms. The molecule has 0 saturated carbocycles. The van der Waals surface area contributed by atoms with Crippen LogP contribution in [0.25, 0.3) is 11.1 Å². The first kappa shape index (κ1) is 20.4. The van der Waals surface area contributed by atoms with Crippen LogP contribution in [0, 0.1) is 11.3 Å². The highest BCUT2D eigenvalue weighted by Gasteiger charge is 2.26. The lowest BCUT2D eigenvalue weighted by atomic mass is 9.99. The van der Waals surface area contributed by atoms with E-state index >= 15 is 0 Å². The molecular weight excluding hydrogens is 359 g/mol. The third kappa shape index (κ3) is 5.53. The molecule has 0 aliphatic carbocycles. The van der Waals surface area contributed by atoms with E-state index in [1.807, 2.05) is 12.1 Å². The smallest absolute Gasteiger partial charge is 0.315 e. The fourth-order valence-electron chi connectivity index (χ4n) is 2.48. The molecule has 0 aliphatic heterocycles. The maximum absolute atomic E-state index is 13.0. The number of aliphatic hydroxyl groups excluding tert-OH is 1. The van der Waals surface area contributed by atoms with Gasteiger partial charge in [0.2, 0.25) is 0 Å². The van der Waals surface area contributed by atoms with Gasteiger partial charge in [-0.3, -0.25) is 9.78 Å². The van der Waals surface area contributed by atoms with E-state index < -0.39 is 31.2 Å². The van der Waals surface area contributed by atoms with Crippen LogP contribution in [-0.4, -0.2) is 35.1 Å². The number of nitriles is 1. The number of carbonyl (C=O) groups excluding carboxylic acids is 1. The van der Waals surface area contributed by atoms with Gasteiger partial charge in [0.05, 0.1) is 12.1 Å². The van der Waals surface area contributed by atoms with Crippen molar-refractivity contribution in [1.29, 1.82) is 5.26 Å². The molecule has 8 heteroatoms. The number of hydrogen-bond donors (Lipinski definition) is 2. The van der Waals surface area contributed by atoms with Crippen LogP contribution < -0.4 is 5.32 Å². The van der Waals surface area contributed by atoms with Gasteiger partial charge in [0.1, 0.15) is 12.8 Å². The van der Waals surface area contributed by atoms with Crippen molar-refractivity contribution in [3.8, 4) is 17.2 Å². The van der Waals surface area contributed by atoms with E-state index in [4.69, 9.17) is 5.26 Å². The Kier molecular flexibility index (Phi) is 7.32. The highest BCUT2D eigenvalue weighted by molar-refractivity contribution is 5.79. The average Bonchev–Trinajstić information content (AvgIpc) is 2.70. The van der Waals surface area contributed by atoms with Crippen LogP contribution in [0.2, 0.25) is 0 Å². The predicted octanol–water partition coefficient (Wildman–Crippen LogP) is 2.96. The van der Waals surface area contributed by atoms with Crippen LogP contribution in [0.5, 0.6) is 0 Å². The fraction of sp³-hybridized carbons (Fsp3) is 0.316. The van der Waals surface area contributed by atoms with Gasteiger partial charge >= 0.3 is 6.43 Å². The lowest BCUT2D eigenvalue weighted by Crippen LogP contribution is -2.43. The van der Waals surface area contributed by atoms with Crippen molar-refractivity contribution < 1.29 is 23.1 Å². The van der Waals surface area contributed by atoms with E-state index in [1.165, 1.54) is 12.1 Å². The number of amides is 1. The van der Waals surface area contributed by atoms with Crippen LogP contribution >= 0.6 is 0 Å². The van der Waals surface area contributed by atoms with Crippen molar-refractivity contribution in [3.63, 3.8) is 0 Å². The van der Waals surface area contributed by atoms with E-state index in [9.17, 15) is 23.1 Å². The first-order valence-corrected chi connectivity index (χ1v) is 8.21. The second kappa shape index (κ2) is 9.69. The first-order valence-electron chi connectivity index (χ1n) is 8.21. The highest BCUT2D eigenvalue weighted by atomic mass is 19.3. The third-order valence-corrected chi connectivity index (χ3v) is 3.98. The number of pyridine rings is 1. The van der Waals surface area contributed by atoms with E-state index in [0.29, 0.717) is 12.8 Å². The Hall–Kier alpha value is -2.92. The second-order valence-electron chi connectivity index (χ2n) is 5.83. The molecule has 0 fully saturated rings. The first-order chi connectivity index (χ1) is 13.0. The number of benzene rings is 1. The van der Waals surface area contributed by atoms with Crippen LogP contribution in [0.1, 0.15) is 23.8 Å². The quantitative estimate of drug-likeness (QED) is 0.741. The zero-order valence-corrected chi connectivity index (χ0v) is 14.3. The lowest BCUT2D eigenvalue weighted by Gasteiger charge is -2.22. The topological polar surface area (TPSA) is 86.0 Å². The zero-order chi connectivity index (χ0) is 19.8. The molecule has 2 rings (SSSR count). The maximum Gasteiger partial charge on any atom is 0.315 e. The normalized spacial score (nSPS) is 13.0. The van der Waals surface area contributed by atoms with Crippen LogP contribution in [0.4, 0.5) is 13.2 Å². The van der Waals surface area contributed by atoms with Crippen LogP contribution in [0.3, 0.4) is 0 Å². The Morgan fingerprint density at radius 3 is 2.37 bits per heavy atom. The summed E-state index contributed by atoms with van der Waals surface area (Å²) in [6.45, 7) is -1.19. The summed E-state index contributed by atoms with van der Waals surface area (Å²) >= 11 is 0. The van der Waals surface area contributed by atoms with E-state index in [0.717, 1.165) is 16.8 Å². The van der Waals surface area contributed by atoms with E-state index in [1.54, 1.807) is 23.6 Å². The number of aliphatic hydroxyl groups is 1. The van der Waals surface area contributed by atoms with E-state index in [2.05, 4.69) is 11.1 Å². The number of alkyl halides is 3.